The van der Waals surface area contributed by atoms with Gasteiger partial charge in [0.1, 0.15) is 0 Å². The number of aryl methyl sites for hydroxylation is 2. The van der Waals surface area contributed by atoms with Crippen LogP contribution < -0.4 is 5.32 Å². The number of hydrogen-bond acceptors (Lipinski definition) is 3. The maximum absolute atomic E-state index is 4.06. The van der Waals surface area contributed by atoms with Crippen molar-refractivity contribution in [3.63, 3.8) is 0 Å². The van der Waals surface area contributed by atoms with Crippen LogP contribution >= 0.6 is 0 Å². The van der Waals surface area contributed by atoms with Crippen molar-refractivity contribution in [1.29, 1.82) is 0 Å². The summed E-state index contributed by atoms with van der Waals surface area (Å²) >= 11 is 0. The molecule has 0 saturated carbocycles. The Bertz CT molecular complexity index is 373. The molecule has 0 saturated heterocycles. The van der Waals surface area contributed by atoms with Gasteiger partial charge in [0, 0.05) is 30.4 Å². The summed E-state index contributed by atoms with van der Waals surface area (Å²) in [5.74, 6) is 0. The summed E-state index contributed by atoms with van der Waals surface area (Å²) in [5.41, 5.74) is 2.26. The van der Waals surface area contributed by atoms with Crippen LogP contribution in [0.3, 0.4) is 0 Å². The van der Waals surface area contributed by atoms with E-state index in [2.05, 4.69) is 43.0 Å². The zero-order chi connectivity index (χ0) is 13.6. The fourth-order valence-corrected chi connectivity index (χ4v) is 1.58. The Balaban J connectivity index is 2.04. The van der Waals surface area contributed by atoms with E-state index in [0.29, 0.717) is 0 Å². The molecule has 18 heavy (non-hydrogen) atoms. The summed E-state index contributed by atoms with van der Waals surface area (Å²) < 4.78 is 1.91. The summed E-state index contributed by atoms with van der Waals surface area (Å²) in [6, 6.07) is 0. The topological polar surface area (TPSA) is 42.7 Å². The van der Waals surface area contributed by atoms with Gasteiger partial charge in [-0.2, -0.15) is 0 Å². The third kappa shape index (κ3) is 5.34. The van der Waals surface area contributed by atoms with E-state index in [1.54, 1.807) is 0 Å². The minimum atomic E-state index is 0.151. The quantitative estimate of drug-likeness (QED) is 0.757. The van der Waals surface area contributed by atoms with E-state index in [1.807, 2.05) is 17.8 Å². The molecule has 0 aliphatic heterocycles. The molecule has 0 atom stereocenters. The first-order valence-electron chi connectivity index (χ1n) is 6.69. The first kappa shape index (κ1) is 14.7. The molecule has 4 heteroatoms. The van der Waals surface area contributed by atoms with Crippen LogP contribution in [0.4, 0.5) is 0 Å². The second-order valence-corrected chi connectivity index (χ2v) is 5.84. The second kappa shape index (κ2) is 6.57. The molecule has 1 rings (SSSR count). The maximum atomic E-state index is 4.06. The fraction of sp³-hybridized carbons (Fsp3) is 0.714. The number of aromatic nitrogens is 3. The van der Waals surface area contributed by atoms with Crippen LogP contribution in [0.25, 0.3) is 0 Å². The Morgan fingerprint density at radius 2 is 2.06 bits per heavy atom. The van der Waals surface area contributed by atoms with E-state index in [4.69, 9.17) is 0 Å². The highest BCUT2D eigenvalue weighted by Crippen LogP contribution is 2.20. The van der Waals surface area contributed by atoms with Gasteiger partial charge in [-0.25, -0.2) is 0 Å². The average Bonchev–Trinajstić information content (AvgIpc) is 2.67. The minimum absolute atomic E-state index is 0.151. The van der Waals surface area contributed by atoms with E-state index in [-0.39, 0.29) is 5.41 Å². The molecule has 1 N–H and O–H groups in total. The molecule has 0 amide bonds. The van der Waals surface area contributed by atoms with Crippen LogP contribution in [0.2, 0.25) is 0 Å². The highest BCUT2D eigenvalue weighted by Gasteiger charge is 2.13. The molecule has 0 bridgehead atoms. The predicted octanol–water partition coefficient (Wildman–Crippen LogP) is 2.91. The van der Waals surface area contributed by atoms with Crippen LogP contribution in [0.5, 0.6) is 0 Å². The van der Waals surface area contributed by atoms with Gasteiger partial charge in [-0.1, -0.05) is 32.6 Å². The number of unbranched alkanes of at least 4 members (excludes halogenated alkanes) is 2. The van der Waals surface area contributed by atoms with Crippen molar-refractivity contribution in [2.45, 2.75) is 53.5 Å². The Kier molecular flexibility index (Phi) is 5.38. The zero-order valence-electron chi connectivity index (χ0n) is 12.2. The minimum Gasteiger partial charge on any atom is -0.388 e. The van der Waals surface area contributed by atoms with Crippen molar-refractivity contribution in [1.82, 2.24) is 20.3 Å². The summed E-state index contributed by atoms with van der Waals surface area (Å²) in [5, 5.41) is 11.4. The Morgan fingerprint density at radius 3 is 2.61 bits per heavy atom. The number of rotatable bonds is 7. The van der Waals surface area contributed by atoms with Gasteiger partial charge in [0.15, 0.2) is 0 Å². The molecule has 1 aromatic rings. The van der Waals surface area contributed by atoms with E-state index in [9.17, 15) is 0 Å². The molecule has 0 aromatic carbocycles. The number of allylic oxidation sites excluding steroid dienone is 1. The van der Waals surface area contributed by atoms with Gasteiger partial charge in [0.25, 0.3) is 0 Å². The SMILES string of the molecule is C=C(NCCCCCn1cc(C)nn1)C(C)(C)C. The Morgan fingerprint density at radius 1 is 1.33 bits per heavy atom. The van der Waals surface area contributed by atoms with Crippen molar-refractivity contribution < 1.29 is 0 Å². The second-order valence-electron chi connectivity index (χ2n) is 5.84. The lowest BCUT2D eigenvalue weighted by atomic mass is 9.93. The van der Waals surface area contributed by atoms with Gasteiger partial charge >= 0.3 is 0 Å². The van der Waals surface area contributed by atoms with Gasteiger partial charge in [-0.3, -0.25) is 4.68 Å². The lowest BCUT2D eigenvalue weighted by Crippen LogP contribution is -2.24. The van der Waals surface area contributed by atoms with E-state index in [0.717, 1.165) is 30.9 Å². The highest BCUT2D eigenvalue weighted by atomic mass is 15.4. The predicted molar refractivity (Wildman–Crippen MR) is 75.2 cm³/mol. The zero-order valence-corrected chi connectivity index (χ0v) is 12.2. The first-order chi connectivity index (χ1) is 8.39. The van der Waals surface area contributed by atoms with Crippen LogP contribution in [0, 0.1) is 12.3 Å². The molecule has 0 spiro atoms. The first-order valence-corrected chi connectivity index (χ1v) is 6.69. The van der Waals surface area contributed by atoms with E-state index < -0.39 is 0 Å². The largest absolute Gasteiger partial charge is 0.388 e. The van der Waals surface area contributed by atoms with Gasteiger partial charge in [0.2, 0.25) is 0 Å². The standard InChI is InChI=1S/C14H26N4/c1-12-11-18(17-16-12)10-8-6-7-9-15-13(2)14(3,4)5/h11,15H,2,6-10H2,1,3-5H3. The van der Waals surface area contributed by atoms with Crippen molar-refractivity contribution in [2.75, 3.05) is 6.54 Å². The summed E-state index contributed by atoms with van der Waals surface area (Å²) in [6.45, 7) is 14.5. The fourth-order valence-electron chi connectivity index (χ4n) is 1.58. The number of nitrogens with zero attached hydrogens (tertiary/aromatic N) is 3. The number of hydrogen-bond donors (Lipinski definition) is 1. The average molecular weight is 250 g/mol. The number of nitrogens with one attached hydrogen (secondary N) is 1. The molecule has 1 heterocycles. The van der Waals surface area contributed by atoms with Crippen molar-refractivity contribution in [3.05, 3.63) is 24.2 Å². The molecule has 0 radical (unpaired) electrons. The maximum Gasteiger partial charge on any atom is 0.0796 e. The molecule has 0 unspecified atom stereocenters. The van der Waals surface area contributed by atoms with Gasteiger partial charge in [0.05, 0.1) is 5.69 Å². The molecule has 0 aliphatic carbocycles. The van der Waals surface area contributed by atoms with E-state index in [1.165, 1.54) is 12.8 Å². The molecule has 102 valence electrons. The van der Waals surface area contributed by atoms with Crippen LogP contribution in [0.15, 0.2) is 18.5 Å². The van der Waals surface area contributed by atoms with Crippen LogP contribution in [-0.2, 0) is 6.54 Å². The Hall–Kier alpha value is -1.32. The molecule has 1 aromatic heterocycles. The molecular formula is C14H26N4. The smallest absolute Gasteiger partial charge is 0.0796 e. The van der Waals surface area contributed by atoms with Crippen LogP contribution in [-0.4, -0.2) is 21.5 Å². The highest BCUT2D eigenvalue weighted by molar-refractivity contribution is 5.02. The molecule has 0 aliphatic rings. The van der Waals surface area contributed by atoms with Gasteiger partial charge in [-0.05, 0) is 26.2 Å². The lowest BCUT2D eigenvalue weighted by Gasteiger charge is -2.23. The summed E-state index contributed by atoms with van der Waals surface area (Å²) in [7, 11) is 0. The Labute approximate surface area is 110 Å². The third-order valence-corrected chi connectivity index (χ3v) is 2.96. The van der Waals surface area contributed by atoms with E-state index >= 15 is 0 Å². The molecule has 4 nitrogen and oxygen atoms in total. The summed E-state index contributed by atoms with van der Waals surface area (Å²) in [6.07, 6.45) is 5.50. The molecule has 0 fully saturated rings. The summed E-state index contributed by atoms with van der Waals surface area (Å²) in [4.78, 5) is 0. The third-order valence-electron chi connectivity index (χ3n) is 2.96. The van der Waals surface area contributed by atoms with Crippen LogP contribution in [0.1, 0.15) is 45.7 Å². The van der Waals surface area contributed by atoms with Gasteiger partial charge in [-0.15, -0.1) is 5.10 Å². The monoisotopic (exact) mass is 250 g/mol. The normalized spacial score (nSPS) is 11.6. The molecular weight excluding hydrogens is 224 g/mol. The lowest BCUT2D eigenvalue weighted by molar-refractivity contribution is 0.453. The van der Waals surface area contributed by atoms with Crippen molar-refractivity contribution in [3.8, 4) is 0 Å². The van der Waals surface area contributed by atoms with Crippen molar-refractivity contribution >= 4 is 0 Å². The van der Waals surface area contributed by atoms with Crippen molar-refractivity contribution in [2.24, 2.45) is 5.41 Å². The van der Waals surface area contributed by atoms with Gasteiger partial charge < -0.3 is 5.32 Å².